The van der Waals surface area contributed by atoms with Crippen LogP contribution in [0.2, 0.25) is 0 Å². The summed E-state index contributed by atoms with van der Waals surface area (Å²) in [7, 11) is 1.79. The zero-order valence-corrected chi connectivity index (χ0v) is 24.9. The van der Waals surface area contributed by atoms with E-state index >= 15 is 0 Å². The van der Waals surface area contributed by atoms with Gasteiger partial charge in [0.15, 0.2) is 6.10 Å². The Labute approximate surface area is 237 Å². The van der Waals surface area contributed by atoms with Crippen molar-refractivity contribution in [3.8, 4) is 0 Å². The van der Waals surface area contributed by atoms with Gasteiger partial charge < -0.3 is 20.1 Å². The minimum atomic E-state index is -0.936. The molecular weight excluding hydrogens is 540 g/mol. The number of ether oxygens (including phenoxy) is 1. The molecule has 0 radical (unpaired) electrons. The second-order valence-electron chi connectivity index (χ2n) is 10.7. The van der Waals surface area contributed by atoms with Gasteiger partial charge in [0, 0.05) is 61.3 Å². The number of aryl methyl sites for hydroxylation is 1. The number of carbonyl (C=O) groups is 4. The third-order valence-corrected chi connectivity index (χ3v) is 8.74. The molecule has 2 aromatic heterocycles. The lowest BCUT2D eigenvalue weighted by atomic mass is 9.96. The average Bonchev–Trinajstić information content (AvgIpc) is 3.44. The van der Waals surface area contributed by atoms with Crippen LogP contribution in [-0.4, -0.2) is 62.9 Å². The van der Waals surface area contributed by atoms with Crippen LogP contribution in [0, 0.1) is 24.7 Å². The van der Waals surface area contributed by atoms with Gasteiger partial charge in [0.2, 0.25) is 5.91 Å². The van der Waals surface area contributed by atoms with Crippen molar-refractivity contribution in [1.29, 1.82) is 0 Å². The van der Waals surface area contributed by atoms with Crippen molar-refractivity contribution < 1.29 is 29.0 Å². The lowest BCUT2D eigenvalue weighted by Crippen LogP contribution is -2.42. The Morgan fingerprint density at radius 2 is 1.82 bits per heavy atom. The van der Waals surface area contributed by atoms with Gasteiger partial charge in [-0.2, -0.15) is 0 Å². The number of carbonyl (C=O) groups excluding carboxylic acids is 3. The number of nitrogens with one attached hydrogen (secondary N) is 1. The fourth-order valence-corrected chi connectivity index (χ4v) is 6.20. The topological polar surface area (TPSA) is 139 Å². The fourth-order valence-electron chi connectivity index (χ4n) is 4.51. The van der Waals surface area contributed by atoms with Crippen LogP contribution in [0.25, 0.3) is 0 Å². The number of carboxylic acid groups (broad SMARTS) is 1. The molecule has 39 heavy (non-hydrogen) atoms. The van der Waals surface area contributed by atoms with Gasteiger partial charge in [0.1, 0.15) is 10.7 Å². The highest BCUT2D eigenvalue weighted by atomic mass is 32.1. The number of thiazole rings is 2. The molecule has 2 heterocycles. The molecule has 1 fully saturated rings. The summed E-state index contributed by atoms with van der Waals surface area (Å²) in [4.78, 5) is 60.1. The molecule has 2 aromatic rings. The number of rotatable bonds is 14. The predicted octanol–water partition coefficient (Wildman–Crippen LogP) is 4.25. The average molecular weight is 579 g/mol. The summed E-state index contributed by atoms with van der Waals surface area (Å²) in [6.45, 7) is 8.86. The Morgan fingerprint density at radius 3 is 2.36 bits per heavy atom. The number of aliphatic carboxylic acids is 1. The second-order valence-corrected chi connectivity index (χ2v) is 12.5. The molecule has 1 unspecified atom stereocenters. The lowest BCUT2D eigenvalue weighted by Gasteiger charge is -2.33. The summed E-state index contributed by atoms with van der Waals surface area (Å²) < 4.78 is 5.62. The maximum absolute atomic E-state index is 13.2. The largest absolute Gasteiger partial charge is 0.481 e. The number of nitrogens with zero attached hydrogens (tertiary/aromatic N) is 3. The van der Waals surface area contributed by atoms with E-state index in [1.54, 1.807) is 24.3 Å². The molecule has 3 rings (SSSR count). The van der Waals surface area contributed by atoms with E-state index < -0.39 is 35.9 Å². The molecule has 1 aliphatic carbocycles. The van der Waals surface area contributed by atoms with Crippen molar-refractivity contribution >= 4 is 46.4 Å². The van der Waals surface area contributed by atoms with Gasteiger partial charge in [-0.1, -0.05) is 20.8 Å². The monoisotopic (exact) mass is 578 g/mol. The summed E-state index contributed by atoms with van der Waals surface area (Å²) in [5.74, 6) is -2.20. The van der Waals surface area contributed by atoms with E-state index in [0.717, 1.165) is 23.5 Å². The zero-order chi connectivity index (χ0) is 28.9. The van der Waals surface area contributed by atoms with Crippen molar-refractivity contribution in [3.05, 3.63) is 32.2 Å². The van der Waals surface area contributed by atoms with E-state index in [9.17, 15) is 24.3 Å². The molecular formula is C27H38N4O6S2. The molecule has 2 amide bonds. The van der Waals surface area contributed by atoms with Crippen LogP contribution in [0.1, 0.15) is 85.7 Å². The first-order chi connectivity index (χ1) is 18.3. The van der Waals surface area contributed by atoms with E-state index in [0.29, 0.717) is 17.8 Å². The number of hydrogen-bond acceptors (Lipinski definition) is 9. The van der Waals surface area contributed by atoms with Gasteiger partial charge in [0.05, 0.1) is 10.9 Å². The molecule has 0 saturated heterocycles. The number of aromatic nitrogens is 2. The number of amides is 2. The summed E-state index contributed by atoms with van der Waals surface area (Å²) in [5.41, 5.74) is 1.04. The van der Waals surface area contributed by atoms with Crippen molar-refractivity contribution in [2.45, 2.75) is 84.9 Å². The minimum Gasteiger partial charge on any atom is -0.481 e. The van der Waals surface area contributed by atoms with Crippen molar-refractivity contribution in [2.75, 3.05) is 7.05 Å². The maximum Gasteiger partial charge on any atom is 0.306 e. The van der Waals surface area contributed by atoms with Gasteiger partial charge >= 0.3 is 11.9 Å². The van der Waals surface area contributed by atoms with Crippen molar-refractivity contribution in [3.63, 3.8) is 0 Å². The zero-order valence-electron chi connectivity index (χ0n) is 23.3. The number of carboxylic acids is 1. The molecule has 1 aliphatic rings. The number of esters is 1. The summed E-state index contributed by atoms with van der Waals surface area (Å²) in [6.07, 6.45) is 2.11. The van der Waals surface area contributed by atoms with E-state index in [4.69, 9.17) is 4.74 Å². The van der Waals surface area contributed by atoms with E-state index in [1.807, 2.05) is 26.2 Å². The third kappa shape index (κ3) is 8.82. The van der Waals surface area contributed by atoms with Crippen LogP contribution in [0.5, 0.6) is 0 Å². The number of hydrogen-bond donors (Lipinski definition) is 2. The smallest absolute Gasteiger partial charge is 0.306 e. The van der Waals surface area contributed by atoms with Crippen molar-refractivity contribution in [2.24, 2.45) is 17.8 Å². The molecule has 1 saturated carbocycles. The van der Waals surface area contributed by atoms with Crippen LogP contribution >= 0.6 is 22.7 Å². The molecule has 0 aliphatic heterocycles. The Hall–Kier alpha value is -2.86. The van der Waals surface area contributed by atoms with Crippen LogP contribution < -0.4 is 5.32 Å². The molecule has 12 heteroatoms. The molecule has 214 valence electrons. The standard InChI is InChI=1S/C27H38N4O6S2/c1-14(2)21(31(6)26(34)18-7-8-18)11-22(37-17(5)32)25-30-20(13-39-25)24(33)29-19(9-15(3)27(35)36)10-23-28-16(4)12-38-23/h12-15,18-19,21-22H,7-11H2,1-6H3,(H,29,33)(H,35,36)/t15-,19+,21?,22+/m0/s1. The molecule has 0 aromatic carbocycles. The Morgan fingerprint density at radius 1 is 1.13 bits per heavy atom. The Balaban J connectivity index is 1.76. The Bertz CT molecular complexity index is 1170. The molecule has 10 nitrogen and oxygen atoms in total. The van der Waals surface area contributed by atoms with E-state index in [2.05, 4.69) is 15.3 Å². The van der Waals surface area contributed by atoms with Gasteiger partial charge in [-0.3, -0.25) is 19.2 Å². The predicted molar refractivity (Wildman–Crippen MR) is 149 cm³/mol. The quantitative estimate of drug-likeness (QED) is 0.317. The molecule has 2 N–H and O–H groups in total. The highest BCUT2D eigenvalue weighted by Crippen LogP contribution is 2.35. The molecule has 0 spiro atoms. The van der Waals surface area contributed by atoms with Crippen LogP contribution in [0.15, 0.2) is 10.8 Å². The molecule has 0 bridgehead atoms. The van der Waals surface area contributed by atoms with E-state index in [1.165, 1.54) is 29.6 Å². The van der Waals surface area contributed by atoms with Gasteiger partial charge in [-0.15, -0.1) is 22.7 Å². The minimum absolute atomic E-state index is 0.0728. The first-order valence-corrected chi connectivity index (χ1v) is 15.0. The normalized spacial score (nSPS) is 16.3. The summed E-state index contributed by atoms with van der Waals surface area (Å²) in [5, 5.41) is 17.1. The third-order valence-electron chi connectivity index (χ3n) is 6.82. The second kappa shape index (κ2) is 13.5. The van der Waals surface area contributed by atoms with Crippen LogP contribution in [-0.2, 0) is 25.5 Å². The van der Waals surface area contributed by atoms with Gasteiger partial charge in [-0.25, -0.2) is 9.97 Å². The van der Waals surface area contributed by atoms with Crippen LogP contribution in [0.4, 0.5) is 0 Å². The highest BCUT2D eigenvalue weighted by molar-refractivity contribution is 7.10. The Kier molecular flexibility index (Phi) is 10.6. The van der Waals surface area contributed by atoms with Crippen molar-refractivity contribution in [1.82, 2.24) is 20.2 Å². The fraction of sp³-hybridized carbons (Fsp3) is 0.630. The summed E-state index contributed by atoms with van der Waals surface area (Å²) >= 11 is 2.68. The maximum atomic E-state index is 13.2. The molecule has 4 atom stereocenters. The first kappa shape index (κ1) is 30.7. The van der Waals surface area contributed by atoms with E-state index in [-0.39, 0.29) is 35.9 Å². The highest BCUT2D eigenvalue weighted by Gasteiger charge is 2.37. The lowest BCUT2D eigenvalue weighted by molar-refractivity contribution is -0.148. The van der Waals surface area contributed by atoms with Gasteiger partial charge in [0.25, 0.3) is 5.91 Å². The first-order valence-electron chi connectivity index (χ1n) is 13.2. The SMILES string of the molecule is CC(=O)O[C@H](CC(C(C)C)N(C)C(=O)C1CC1)c1nc(C(=O)N[C@@H](Cc2nc(C)cs2)C[C@H](C)C(=O)O)cs1. The van der Waals surface area contributed by atoms with Gasteiger partial charge in [-0.05, 0) is 32.1 Å². The summed E-state index contributed by atoms with van der Waals surface area (Å²) in [6, 6.07) is -0.622. The van der Waals surface area contributed by atoms with Crippen LogP contribution in [0.3, 0.4) is 0 Å².